The van der Waals surface area contributed by atoms with E-state index >= 15 is 0 Å². The Labute approximate surface area is 255 Å². The van der Waals surface area contributed by atoms with Crippen LogP contribution in [-0.2, 0) is 12.7 Å². The maximum absolute atomic E-state index is 14.0. The molecule has 3 heterocycles. The zero-order valence-corrected chi connectivity index (χ0v) is 24.9. The number of hydrogen-bond donors (Lipinski definition) is 1. The van der Waals surface area contributed by atoms with Gasteiger partial charge in [-0.05, 0) is 61.6 Å². The zero-order chi connectivity index (χ0) is 30.8. The van der Waals surface area contributed by atoms with Crippen LogP contribution >= 0.6 is 0 Å². The second-order valence-electron chi connectivity index (χ2n) is 11.5. The molecule has 9 nitrogen and oxygen atoms in total. The van der Waals surface area contributed by atoms with Gasteiger partial charge in [0, 0.05) is 68.3 Å². The molecule has 1 amide bonds. The largest absolute Gasteiger partial charge is 0.493 e. The highest BCUT2D eigenvalue weighted by Crippen LogP contribution is 2.41. The van der Waals surface area contributed by atoms with Crippen LogP contribution in [0, 0.1) is 0 Å². The van der Waals surface area contributed by atoms with E-state index in [0.29, 0.717) is 43.0 Å². The van der Waals surface area contributed by atoms with Gasteiger partial charge >= 0.3 is 6.18 Å². The fourth-order valence-electron chi connectivity index (χ4n) is 6.31. The minimum atomic E-state index is -4.55. The van der Waals surface area contributed by atoms with Crippen LogP contribution in [0.15, 0.2) is 48.7 Å². The number of amides is 1. The molecular formula is C32H37F3N6O3. The molecular weight excluding hydrogens is 573 g/mol. The standard InChI is InChI=1S/C32H37F3N6O3/c1-43-27-11-8-21(19-28(27)44-2)25(7-4-13-36-31-37-14-12-29(38-31)32(33,34)35)41-20-24-23(30(41)42)5-3-6-26(24)40-17-15-39(16-18-40)22-9-10-22/h3,5-6,8,11-12,14,19,22,25H,4,7,9-10,13,15-18,20H2,1-2H3,(H,36,37,38). The Hall–Kier alpha value is -4.06. The van der Waals surface area contributed by atoms with Gasteiger partial charge < -0.3 is 24.6 Å². The van der Waals surface area contributed by atoms with Crippen LogP contribution < -0.4 is 19.7 Å². The summed E-state index contributed by atoms with van der Waals surface area (Å²) in [6.45, 7) is 4.73. The Bertz CT molecular complexity index is 1490. The van der Waals surface area contributed by atoms with Gasteiger partial charge in [0.15, 0.2) is 11.5 Å². The van der Waals surface area contributed by atoms with Crippen molar-refractivity contribution in [2.45, 2.75) is 50.5 Å². The number of fused-ring (bicyclic) bond motifs is 1. The van der Waals surface area contributed by atoms with E-state index in [1.54, 1.807) is 14.2 Å². The van der Waals surface area contributed by atoms with Gasteiger partial charge in [-0.2, -0.15) is 13.2 Å². The molecule has 1 unspecified atom stereocenters. The van der Waals surface area contributed by atoms with Gasteiger partial charge in [0.2, 0.25) is 5.95 Å². The molecule has 1 aromatic heterocycles. The first kappa shape index (κ1) is 30.0. The van der Waals surface area contributed by atoms with Crippen molar-refractivity contribution in [2.75, 3.05) is 57.2 Å². The summed E-state index contributed by atoms with van der Waals surface area (Å²) in [6.07, 6.45) is 0.237. The molecule has 2 aliphatic heterocycles. The van der Waals surface area contributed by atoms with Crippen LogP contribution in [0.4, 0.5) is 24.8 Å². The van der Waals surface area contributed by atoms with Gasteiger partial charge in [0.1, 0.15) is 5.69 Å². The maximum Gasteiger partial charge on any atom is 0.433 e. The average Bonchev–Trinajstić information content (AvgIpc) is 3.84. The highest BCUT2D eigenvalue weighted by Gasteiger charge is 2.37. The van der Waals surface area contributed by atoms with Crippen molar-refractivity contribution in [1.82, 2.24) is 19.8 Å². The predicted molar refractivity (Wildman–Crippen MR) is 160 cm³/mol. The first-order valence-electron chi connectivity index (χ1n) is 15.0. The lowest BCUT2D eigenvalue weighted by Crippen LogP contribution is -2.47. The molecule has 1 saturated heterocycles. The Kier molecular flexibility index (Phi) is 8.53. The molecule has 1 aliphatic carbocycles. The second-order valence-corrected chi connectivity index (χ2v) is 11.5. The van der Waals surface area contributed by atoms with Crippen molar-refractivity contribution in [3.05, 3.63) is 71.0 Å². The number of methoxy groups -OCH3 is 2. The van der Waals surface area contributed by atoms with Crippen molar-refractivity contribution in [1.29, 1.82) is 0 Å². The number of benzene rings is 2. The number of anilines is 2. The summed E-state index contributed by atoms with van der Waals surface area (Å²) < 4.78 is 50.3. The highest BCUT2D eigenvalue weighted by atomic mass is 19.4. The minimum Gasteiger partial charge on any atom is -0.493 e. The molecule has 1 saturated carbocycles. The molecule has 3 aliphatic rings. The number of halogens is 3. The molecule has 234 valence electrons. The van der Waals surface area contributed by atoms with Crippen LogP contribution in [0.5, 0.6) is 11.5 Å². The predicted octanol–water partition coefficient (Wildman–Crippen LogP) is 5.39. The molecule has 12 heteroatoms. The van der Waals surface area contributed by atoms with Gasteiger partial charge in [-0.25, -0.2) is 9.97 Å². The smallest absolute Gasteiger partial charge is 0.433 e. The summed E-state index contributed by atoms with van der Waals surface area (Å²) in [5.41, 5.74) is 2.76. The van der Waals surface area contributed by atoms with Gasteiger partial charge in [0.25, 0.3) is 5.91 Å². The highest BCUT2D eigenvalue weighted by molar-refractivity contribution is 6.00. The number of carbonyl (C=O) groups is 1. The summed E-state index contributed by atoms with van der Waals surface area (Å²) in [5, 5.41) is 2.91. The van der Waals surface area contributed by atoms with E-state index < -0.39 is 11.9 Å². The SMILES string of the molecule is COc1ccc(C(CCCNc2nccc(C(F)(F)F)n2)N2Cc3c(cccc3N3CCN(C4CC4)CC3)C2=O)cc1OC. The molecule has 2 aromatic carbocycles. The molecule has 1 atom stereocenters. The fourth-order valence-corrected chi connectivity index (χ4v) is 6.31. The minimum absolute atomic E-state index is 0.0348. The number of alkyl halides is 3. The van der Waals surface area contributed by atoms with E-state index in [1.165, 1.54) is 12.8 Å². The molecule has 0 spiro atoms. The number of ether oxygens (including phenoxy) is 2. The normalized spacial score (nSPS) is 17.9. The third-order valence-electron chi connectivity index (χ3n) is 8.74. The molecule has 0 radical (unpaired) electrons. The fraction of sp³-hybridized carbons (Fsp3) is 0.469. The van der Waals surface area contributed by atoms with E-state index in [0.717, 1.165) is 61.3 Å². The third kappa shape index (κ3) is 6.26. The van der Waals surface area contributed by atoms with Gasteiger partial charge in [0.05, 0.1) is 20.3 Å². The van der Waals surface area contributed by atoms with Crippen LogP contribution in [0.3, 0.4) is 0 Å². The van der Waals surface area contributed by atoms with Crippen molar-refractivity contribution >= 4 is 17.5 Å². The Morgan fingerprint density at radius 2 is 1.80 bits per heavy atom. The number of hydrogen-bond acceptors (Lipinski definition) is 8. The van der Waals surface area contributed by atoms with Gasteiger partial charge in [-0.15, -0.1) is 0 Å². The lowest BCUT2D eigenvalue weighted by atomic mass is 9.99. The van der Waals surface area contributed by atoms with E-state index in [1.807, 2.05) is 35.2 Å². The summed E-state index contributed by atoms with van der Waals surface area (Å²) in [6, 6.07) is 12.9. The maximum atomic E-state index is 14.0. The quantitative estimate of drug-likeness (QED) is 0.290. The first-order valence-corrected chi connectivity index (χ1v) is 15.0. The molecule has 2 fully saturated rings. The van der Waals surface area contributed by atoms with Crippen molar-refractivity contribution in [3.63, 3.8) is 0 Å². The molecule has 0 bridgehead atoms. The monoisotopic (exact) mass is 610 g/mol. The van der Waals surface area contributed by atoms with Crippen LogP contribution in [0.1, 0.15) is 58.9 Å². The van der Waals surface area contributed by atoms with E-state index in [-0.39, 0.29) is 17.9 Å². The number of rotatable bonds is 11. The Morgan fingerprint density at radius 3 is 2.50 bits per heavy atom. The Balaban J connectivity index is 1.21. The average molecular weight is 611 g/mol. The van der Waals surface area contributed by atoms with Crippen LogP contribution in [-0.4, -0.2) is 78.7 Å². The number of carbonyl (C=O) groups excluding carboxylic acids is 1. The van der Waals surface area contributed by atoms with Gasteiger partial charge in [-0.3, -0.25) is 9.69 Å². The second kappa shape index (κ2) is 12.5. The van der Waals surface area contributed by atoms with Gasteiger partial charge in [-0.1, -0.05) is 12.1 Å². The third-order valence-corrected chi connectivity index (χ3v) is 8.74. The molecule has 6 rings (SSSR count). The topological polar surface area (TPSA) is 83.1 Å². The van der Waals surface area contributed by atoms with E-state index in [2.05, 4.69) is 31.2 Å². The number of nitrogens with zero attached hydrogens (tertiary/aromatic N) is 5. The van der Waals surface area contributed by atoms with Crippen molar-refractivity contribution in [2.24, 2.45) is 0 Å². The zero-order valence-electron chi connectivity index (χ0n) is 24.9. The van der Waals surface area contributed by atoms with Crippen LogP contribution in [0.2, 0.25) is 0 Å². The lowest BCUT2D eigenvalue weighted by Gasteiger charge is -2.37. The first-order chi connectivity index (χ1) is 21.3. The number of piperazine rings is 1. The van der Waals surface area contributed by atoms with Crippen molar-refractivity contribution in [3.8, 4) is 11.5 Å². The Morgan fingerprint density at radius 1 is 1.02 bits per heavy atom. The number of aromatic nitrogens is 2. The summed E-state index contributed by atoms with van der Waals surface area (Å²) in [7, 11) is 3.14. The van der Waals surface area contributed by atoms with Crippen molar-refractivity contribution < 1.29 is 27.4 Å². The van der Waals surface area contributed by atoms with E-state index in [9.17, 15) is 18.0 Å². The number of nitrogens with one attached hydrogen (secondary N) is 1. The molecule has 44 heavy (non-hydrogen) atoms. The van der Waals surface area contributed by atoms with Crippen LogP contribution in [0.25, 0.3) is 0 Å². The lowest BCUT2D eigenvalue weighted by molar-refractivity contribution is -0.141. The summed E-state index contributed by atoms with van der Waals surface area (Å²) >= 11 is 0. The molecule has 1 N–H and O–H groups in total. The summed E-state index contributed by atoms with van der Waals surface area (Å²) in [5.74, 6) is 1.02. The van der Waals surface area contributed by atoms with E-state index in [4.69, 9.17) is 9.47 Å². The summed E-state index contributed by atoms with van der Waals surface area (Å²) in [4.78, 5) is 28.4. The molecule has 3 aromatic rings.